The molecular weight excluding hydrogens is 395 g/mol. The summed E-state index contributed by atoms with van der Waals surface area (Å²) in [4.78, 5) is 8.72. The number of hydrogen-bond acceptors (Lipinski definition) is 6. The van der Waals surface area contributed by atoms with E-state index >= 15 is 0 Å². The maximum absolute atomic E-state index is 12.6. The first-order chi connectivity index (χ1) is 13.4. The molecule has 2 aromatic heterocycles. The molecule has 7 nitrogen and oxygen atoms in total. The Morgan fingerprint density at radius 1 is 1.07 bits per heavy atom. The zero-order valence-electron chi connectivity index (χ0n) is 15.3. The topological polar surface area (TPSA) is 95.6 Å². The molecular formula is C19H18ClN6OP. The van der Waals surface area contributed by atoms with Crippen LogP contribution in [0.2, 0.25) is 5.02 Å². The number of nitrogens with one attached hydrogen (secondary N) is 3. The second kappa shape index (κ2) is 7.26. The van der Waals surface area contributed by atoms with Gasteiger partial charge in [-0.25, -0.2) is 4.98 Å². The molecule has 2 aromatic carbocycles. The zero-order chi connectivity index (χ0) is 19.7. The minimum Gasteiger partial charge on any atom is -0.338 e. The summed E-state index contributed by atoms with van der Waals surface area (Å²) in [6.45, 7) is 3.46. The van der Waals surface area contributed by atoms with Crippen molar-refractivity contribution < 1.29 is 4.57 Å². The summed E-state index contributed by atoms with van der Waals surface area (Å²) < 4.78 is 12.6. The molecule has 0 aliphatic rings. The van der Waals surface area contributed by atoms with Crippen molar-refractivity contribution in [1.82, 2.24) is 20.2 Å². The lowest BCUT2D eigenvalue weighted by Gasteiger charge is -2.15. The van der Waals surface area contributed by atoms with Crippen molar-refractivity contribution in [1.29, 1.82) is 0 Å². The van der Waals surface area contributed by atoms with Crippen molar-refractivity contribution in [3.05, 3.63) is 59.9 Å². The molecule has 0 aliphatic heterocycles. The molecule has 4 aromatic rings. The number of H-pyrrole nitrogens is 1. The fraction of sp³-hybridized carbons (Fsp3) is 0.105. The predicted octanol–water partition coefficient (Wildman–Crippen LogP) is 4.74. The van der Waals surface area contributed by atoms with E-state index in [1.165, 1.54) is 6.20 Å². The number of aromatic amines is 1. The standard InChI is InChI=1S/C19H18ClN6OP/c1-28(2,27)17-6-4-3-5-16(17)24-18-14(20)11-21-19(25-18)23-13-7-8-15-12(9-13)10-22-26-15/h3-11H,1-2H3,(H,22,26)(H2,21,23,24,25). The first-order valence-electron chi connectivity index (χ1n) is 8.54. The van der Waals surface area contributed by atoms with Crippen LogP contribution in [0.15, 0.2) is 54.9 Å². The molecule has 28 heavy (non-hydrogen) atoms. The van der Waals surface area contributed by atoms with Crippen molar-refractivity contribution >= 4 is 58.1 Å². The predicted molar refractivity (Wildman–Crippen MR) is 115 cm³/mol. The van der Waals surface area contributed by atoms with Crippen LogP contribution >= 0.6 is 18.7 Å². The van der Waals surface area contributed by atoms with Crippen LogP contribution in [-0.4, -0.2) is 33.5 Å². The Kier molecular flexibility index (Phi) is 4.79. The second-order valence-electron chi connectivity index (χ2n) is 6.68. The van der Waals surface area contributed by atoms with Gasteiger partial charge in [-0.05, 0) is 43.7 Å². The zero-order valence-corrected chi connectivity index (χ0v) is 16.9. The third kappa shape index (κ3) is 3.86. The van der Waals surface area contributed by atoms with Gasteiger partial charge < -0.3 is 15.2 Å². The third-order valence-electron chi connectivity index (χ3n) is 4.18. The van der Waals surface area contributed by atoms with Gasteiger partial charge >= 0.3 is 0 Å². The van der Waals surface area contributed by atoms with E-state index in [-0.39, 0.29) is 0 Å². The fourth-order valence-electron chi connectivity index (χ4n) is 2.84. The quantitative estimate of drug-likeness (QED) is 0.410. The van der Waals surface area contributed by atoms with Gasteiger partial charge in [-0.3, -0.25) is 5.10 Å². The minimum atomic E-state index is -2.47. The van der Waals surface area contributed by atoms with E-state index in [4.69, 9.17) is 11.6 Å². The summed E-state index contributed by atoms with van der Waals surface area (Å²) in [6.07, 6.45) is 3.27. The maximum atomic E-state index is 12.6. The molecule has 3 N–H and O–H groups in total. The van der Waals surface area contributed by atoms with Crippen LogP contribution in [0, 0.1) is 0 Å². The molecule has 0 radical (unpaired) electrons. The summed E-state index contributed by atoms with van der Waals surface area (Å²) in [5.41, 5.74) is 2.49. The number of anilines is 4. The lowest BCUT2D eigenvalue weighted by Crippen LogP contribution is -2.10. The van der Waals surface area contributed by atoms with Crippen LogP contribution in [0.3, 0.4) is 0 Å². The highest BCUT2D eigenvalue weighted by molar-refractivity contribution is 7.70. The summed E-state index contributed by atoms with van der Waals surface area (Å²) >= 11 is 6.28. The molecule has 4 rings (SSSR count). The average Bonchev–Trinajstić information content (AvgIpc) is 3.12. The van der Waals surface area contributed by atoms with Crippen molar-refractivity contribution in [2.24, 2.45) is 0 Å². The van der Waals surface area contributed by atoms with Crippen molar-refractivity contribution in [3.63, 3.8) is 0 Å². The number of hydrogen-bond donors (Lipinski definition) is 3. The molecule has 0 fully saturated rings. The minimum absolute atomic E-state index is 0.368. The largest absolute Gasteiger partial charge is 0.338 e. The van der Waals surface area contributed by atoms with Gasteiger partial charge in [0.1, 0.15) is 12.2 Å². The van der Waals surface area contributed by atoms with Gasteiger partial charge in [0, 0.05) is 16.4 Å². The van der Waals surface area contributed by atoms with E-state index in [2.05, 4.69) is 30.8 Å². The highest BCUT2D eigenvalue weighted by Gasteiger charge is 2.17. The van der Waals surface area contributed by atoms with E-state index in [1.54, 1.807) is 19.5 Å². The summed E-state index contributed by atoms with van der Waals surface area (Å²) in [5.74, 6) is 0.827. The Hall–Kier alpha value is -2.89. The number of fused-ring (bicyclic) bond motifs is 1. The highest BCUT2D eigenvalue weighted by atomic mass is 35.5. The molecule has 142 valence electrons. The Morgan fingerprint density at radius 2 is 1.89 bits per heavy atom. The highest BCUT2D eigenvalue weighted by Crippen LogP contribution is 2.38. The smallest absolute Gasteiger partial charge is 0.229 e. The Balaban J connectivity index is 1.64. The summed E-state index contributed by atoms with van der Waals surface area (Å²) in [7, 11) is -2.47. The molecule has 9 heteroatoms. The summed E-state index contributed by atoms with van der Waals surface area (Å²) in [6, 6.07) is 13.2. The summed E-state index contributed by atoms with van der Waals surface area (Å²) in [5, 5.41) is 15.4. The molecule has 0 amide bonds. The van der Waals surface area contributed by atoms with Crippen molar-refractivity contribution in [2.45, 2.75) is 0 Å². The molecule has 0 aliphatic carbocycles. The number of halogens is 1. The first kappa shape index (κ1) is 18.5. The van der Waals surface area contributed by atoms with E-state index in [9.17, 15) is 4.57 Å². The normalized spacial score (nSPS) is 11.5. The van der Waals surface area contributed by atoms with Crippen LogP contribution in [0.1, 0.15) is 0 Å². The molecule has 0 saturated heterocycles. The number of benzene rings is 2. The third-order valence-corrected chi connectivity index (χ3v) is 6.00. The van der Waals surface area contributed by atoms with Gasteiger partial charge in [-0.15, -0.1) is 0 Å². The lowest BCUT2D eigenvalue weighted by atomic mass is 10.2. The Labute approximate surface area is 166 Å². The molecule has 0 atom stereocenters. The molecule has 0 unspecified atom stereocenters. The Bertz CT molecular complexity index is 1200. The average molecular weight is 413 g/mol. The fourth-order valence-corrected chi connectivity index (χ4v) is 4.14. The van der Waals surface area contributed by atoms with Gasteiger partial charge in [0.25, 0.3) is 0 Å². The van der Waals surface area contributed by atoms with Gasteiger partial charge in [0.15, 0.2) is 5.82 Å². The van der Waals surface area contributed by atoms with Crippen LogP contribution in [0.25, 0.3) is 10.9 Å². The first-order valence-corrected chi connectivity index (χ1v) is 11.5. The van der Waals surface area contributed by atoms with E-state index in [1.807, 2.05) is 42.5 Å². The lowest BCUT2D eigenvalue weighted by molar-refractivity contribution is 0.588. The number of aromatic nitrogens is 4. The number of rotatable bonds is 5. The van der Waals surface area contributed by atoms with E-state index in [0.29, 0.717) is 22.5 Å². The van der Waals surface area contributed by atoms with Crippen LogP contribution in [-0.2, 0) is 4.57 Å². The van der Waals surface area contributed by atoms with Gasteiger partial charge in [-0.1, -0.05) is 23.7 Å². The monoisotopic (exact) mass is 412 g/mol. The SMILES string of the molecule is CP(C)(=O)c1ccccc1Nc1nc(Nc2ccc3[nH]ncc3c2)ncc1Cl. The number of para-hydroxylation sites is 1. The maximum Gasteiger partial charge on any atom is 0.229 e. The molecule has 0 spiro atoms. The van der Waals surface area contributed by atoms with Gasteiger partial charge in [-0.2, -0.15) is 10.1 Å². The second-order valence-corrected chi connectivity index (χ2v) is 10.3. The van der Waals surface area contributed by atoms with Gasteiger partial charge in [0.05, 0.1) is 23.6 Å². The van der Waals surface area contributed by atoms with Crippen LogP contribution in [0.5, 0.6) is 0 Å². The van der Waals surface area contributed by atoms with E-state index < -0.39 is 7.14 Å². The molecule has 0 bridgehead atoms. The van der Waals surface area contributed by atoms with Crippen molar-refractivity contribution in [2.75, 3.05) is 24.0 Å². The van der Waals surface area contributed by atoms with E-state index in [0.717, 1.165) is 21.9 Å². The van der Waals surface area contributed by atoms with Gasteiger partial charge in [0.2, 0.25) is 5.95 Å². The number of nitrogens with zero attached hydrogens (tertiary/aromatic N) is 3. The van der Waals surface area contributed by atoms with Crippen LogP contribution < -0.4 is 15.9 Å². The van der Waals surface area contributed by atoms with Crippen molar-refractivity contribution in [3.8, 4) is 0 Å². The Morgan fingerprint density at radius 3 is 2.71 bits per heavy atom. The molecule has 0 saturated carbocycles. The van der Waals surface area contributed by atoms with Crippen LogP contribution in [0.4, 0.5) is 23.1 Å². The molecule has 2 heterocycles.